The summed E-state index contributed by atoms with van der Waals surface area (Å²) in [7, 11) is 1.69. The van der Waals surface area contributed by atoms with E-state index in [2.05, 4.69) is 15.8 Å². The van der Waals surface area contributed by atoms with E-state index in [1.807, 2.05) is 0 Å². The molecule has 8 heteroatoms. The molecule has 0 aliphatic carbocycles. The number of thiocarbonyl (C=S) groups is 1. The van der Waals surface area contributed by atoms with Gasteiger partial charge in [0.05, 0.1) is 23.4 Å². The van der Waals surface area contributed by atoms with E-state index in [4.69, 9.17) is 33.0 Å². The predicted molar refractivity (Wildman–Crippen MR) is 97.5 cm³/mol. The fourth-order valence-electron chi connectivity index (χ4n) is 1.83. The third kappa shape index (κ3) is 4.56. The van der Waals surface area contributed by atoms with Crippen LogP contribution < -0.4 is 10.7 Å². The SMILES string of the molecule is CCOC(=O)c1cc(-c2ccc(/C=N\NC(=S)NC)o2)ccc1Cl. The second-order valence-corrected chi connectivity index (χ2v) is 5.38. The van der Waals surface area contributed by atoms with Gasteiger partial charge in [0.2, 0.25) is 0 Å². The van der Waals surface area contributed by atoms with Crippen molar-refractivity contribution in [2.24, 2.45) is 5.10 Å². The Kier molecular flexibility index (Phi) is 6.34. The first-order valence-electron chi connectivity index (χ1n) is 7.12. The van der Waals surface area contributed by atoms with E-state index in [-0.39, 0.29) is 6.61 Å². The molecule has 0 saturated heterocycles. The summed E-state index contributed by atoms with van der Waals surface area (Å²) in [6, 6.07) is 8.55. The number of rotatable bonds is 5. The van der Waals surface area contributed by atoms with Crippen LogP contribution in [0.4, 0.5) is 0 Å². The highest BCUT2D eigenvalue weighted by Crippen LogP contribution is 2.27. The molecule has 0 fully saturated rings. The number of hydrogen-bond donors (Lipinski definition) is 2. The molecule has 0 atom stereocenters. The fraction of sp³-hybridized carbons (Fsp3) is 0.188. The maximum atomic E-state index is 11.9. The van der Waals surface area contributed by atoms with E-state index in [9.17, 15) is 4.79 Å². The molecule has 0 aliphatic rings. The number of hydrazone groups is 1. The summed E-state index contributed by atoms with van der Waals surface area (Å²) >= 11 is 11.0. The van der Waals surface area contributed by atoms with Crippen molar-refractivity contribution in [2.45, 2.75) is 6.92 Å². The zero-order valence-electron chi connectivity index (χ0n) is 13.1. The normalized spacial score (nSPS) is 10.6. The highest BCUT2D eigenvalue weighted by molar-refractivity contribution is 7.80. The number of nitrogens with one attached hydrogen (secondary N) is 2. The van der Waals surface area contributed by atoms with Crippen molar-refractivity contribution in [3.8, 4) is 11.3 Å². The van der Waals surface area contributed by atoms with Gasteiger partial charge in [0, 0.05) is 12.6 Å². The van der Waals surface area contributed by atoms with E-state index >= 15 is 0 Å². The van der Waals surface area contributed by atoms with Crippen molar-refractivity contribution < 1.29 is 13.9 Å². The molecule has 0 spiro atoms. The molecule has 0 saturated carbocycles. The van der Waals surface area contributed by atoms with Gasteiger partial charge in [0.15, 0.2) is 5.11 Å². The molecule has 0 aliphatic heterocycles. The molecule has 2 rings (SSSR count). The molecule has 0 unspecified atom stereocenters. The van der Waals surface area contributed by atoms with Gasteiger partial charge in [0.25, 0.3) is 0 Å². The molecule has 0 radical (unpaired) electrons. The van der Waals surface area contributed by atoms with Gasteiger partial charge < -0.3 is 14.5 Å². The number of ether oxygens (including phenoxy) is 1. The second-order valence-electron chi connectivity index (χ2n) is 4.57. The molecular weight excluding hydrogens is 350 g/mol. The van der Waals surface area contributed by atoms with Crippen LogP contribution in [0.5, 0.6) is 0 Å². The zero-order valence-corrected chi connectivity index (χ0v) is 14.7. The summed E-state index contributed by atoms with van der Waals surface area (Å²) in [5, 5.41) is 7.40. The minimum atomic E-state index is -0.470. The first-order valence-corrected chi connectivity index (χ1v) is 7.91. The van der Waals surface area contributed by atoms with Gasteiger partial charge in [-0.1, -0.05) is 11.6 Å². The minimum absolute atomic E-state index is 0.280. The summed E-state index contributed by atoms with van der Waals surface area (Å²) in [6.07, 6.45) is 1.50. The Bertz CT molecular complexity index is 774. The summed E-state index contributed by atoms with van der Waals surface area (Å²) in [5.41, 5.74) is 3.63. The van der Waals surface area contributed by atoms with Crippen LogP contribution in [-0.4, -0.2) is 31.0 Å². The van der Waals surface area contributed by atoms with Crippen LogP contribution >= 0.6 is 23.8 Å². The zero-order chi connectivity index (χ0) is 17.5. The molecule has 0 bridgehead atoms. The third-order valence-corrected chi connectivity index (χ3v) is 3.58. The minimum Gasteiger partial charge on any atom is -0.462 e. The Morgan fingerprint density at radius 2 is 2.21 bits per heavy atom. The summed E-state index contributed by atoms with van der Waals surface area (Å²) < 4.78 is 10.7. The van der Waals surface area contributed by atoms with Crippen LogP contribution in [0.3, 0.4) is 0 Å². The van der Waals surface area contributed by atoms with Crippen LogP contribution in [0.2, 0.25) is 5.02 Å². The second kappa shape index (κ2) is 8.47. The molecule has 1 heterocycles. The van der Waals surface area contributed by atoms with Crippen LogP contribution in [0, 0.1) is 0 Å². The lowest BCUT2D eigenvalue weighted by Crippen LogP contribution is -2.28. The Hall–Kier alpha value is -2.38. The summed E-state index contributed by atoms with van der Waals surface area (Å²) in [6.45, 7) is 2.02. The van der Waals surface area contributed by atoms with Crippen LogP contribution in [-0.2, 0) is 4.74 Å². The largest absolute Gasteiger partial charge is 0.462 e. The Morgan fingerprint density at radius 1 is 1.42 bits per heavy atom. The van der Waals surface area contributed by atoms with Gasteiger partial charge in [-0.05, 0) is 49.5 Å². The van der Waals surface area contributed by atoms with E-state index in [1.54, 1.807) is 44.3 Å². The third-order valence-electron chi connectivity index (χ3n) is 2.96. The fourth-order valence-corrected chi connectivity index (χ4v) is 2.08. The number of hydrogen-bond acceptors (Lipinski definition) is 5. The number of esters is 1. The quantitative estimate of drug-likeness (QED) is 0.367. The van der Waals surface area contributed by atoms with Gasteiger partial charge in [-0.15, -0.1) is 0 Å². The molecule has 24 heavy (non-hydrogen) atoms. The molecule has 126 valence electrons. The number of benzene rings is 1. The molecule has 2 aromatic rings. The van der Waals surface area contributed by atoms with Crippen molar-refractivity contribution in [1.29, 1.82) is 0 Å². The first kappa shape index (κ1) is 18.0. The number of carbonyl (C=O) groups is 1. The lowest BCUT2D eigenvalue weighted by molar-refractivity contribution is 0.0526. The average molecular weight is 366 g/mol. The first-order chi connectivity index (χ1) is 11.5. The van der Waals surface area contributed by atoms with Gasteiger partial charge in [0.1, 0.15) is 11.5 Å². The van der Waals surface area contributed by atoms with Crippen molar-refractivity contribution in [2.75, 3.05) is 13.7 Å². The Labute approximate surface area is 149 Å². The highest BCUT2D eigenvalue weighted by atomic mass is 35.5. The molecule has 0 amide bonds. The van der Waals surface area contributed by atoms with Crippen molar-refractivity contribution in [1.82, 2.24) is 10.7 Å². The van der Waals surface area contributed by atoms with Crippen molar-refractivity contribution >= 4 is 41.1 Å². The van der Waals surface area contributed by atoms with Crippen molar-refractivity contribution in [3.63, 3.8) is 0 Å². The van der Waals surface area contributed by atoms with E-state index in [0.29, 0.717) is 32.8 Å². The Balaban J connectivity index is 2.19. The maximum Gasteiger partial charge on any atom is 0.339 e. The van der Waals surface area contributed by atoms with E-state index in [0.717, 1.165) is 0 Å². The molecule has 6 nitrogen and oxygen atoms in total. The molecule has 1 aromatic heterocycles. The maximum absolute atomic E-state index is 11.9. The topological polar surface area (TPSA) is 75.9 Å². The molecule has 1 aromatic carbocycles. The van der Waals surface area contributed by atoms with Crippen LogP contribution in [0.1, 0.15) is 23.0 Å². The average Bonchev–Trinajstić information content (AvgIpc) is 3.04. The van der Waals surface area contributed by atoms with Gasteiger partial charge >= 0.3 is 5.97 Å². The monoisotopic (exact) mass is 365 g/mol. The van der Waals surface area contributed by atoms with Crippen LogP contribution in [0.25, 0.3) is 11.3 Å². The van der Waals surface area contributed by atoms with Gasteiger partial charge in [-0.2, -0.15) is 5.10 Å². The standard InChI is InChI=1S/C16H16ClN3O3S/c1-3-22-15(21)12-8-10(4-6-13(12)17)14-7-5-11(23-14)9-19-20-16(24)18-2/h4-9H,3H2,1-2H3,(H2,18,20,24)/b19-9-. The van der Waals surface area contributed by atoms with Crippen molar-refractivity contribution in [3.05, 3.63) is 46.7 Å². The smallest absolute Gasteiger partial charge is 0.339 e. The lowest BCUT2D eigenvalue weighted by atomic mass is 10.1. The van der Waals surface area contributed by atoms with E-state index in [1.165, 1.54) is 6.21 Å². The van der Waals surface area contributed by atoms with Gasteiger partial charge in [-0.3, -0.25) is 5.43 Å². The van der Waals surface area contributed by atoms with Gasteiger partial charge in [-0.25, -0.2) is 4.79 Å². The highest BCUT2D eigenvalue weighted by Gasteiger charge is 2.14. The Morgan fingerprint density at radius 3 is 2.92 bits per heavy atom. The van der Waals surface area contributed by atoms with E-state index < -0.39 is 5.97 Å². The van der Waals surface area contributed by atoms with Crippen LogP contribution in [0.15, 0.2) is 39.9 Å². The predicted octanol–water partition coefficient (Wildman–Crippen LogP) is 3.20. The molecule has 2 N–H and O–H groups in total. The summed E-state index contributed by atoms with van der Waals surface area (Å²) in [5.74, 6) is 0.640. The molecular formula is C16H16ClN3O3S. The number of furan rings is 1. The number of carbonyl (C=O) groups excluding carboxylic acids is 1. The number of halogens is 1. The lowest BCUT2D eigenvalue weighted by Gasteiger charge is -2.05. The summed E-state index contributed by atoms with van der Waals surface area (Å²) in [4.78, 5) is 11.9. The number of nitrogens with zero attached hydrogens (tertiary/aromatic N) is 1.